The molecule has 0 spiro atoms. The third kappa shape index (κ3) is 2.63. The summed E-state index contributed by atoms with van der Waals surface area (Å²) in [6, 6.07) is 0. The number of carbonyl (C=O) groups is 1. The highest BCUT2D eigenvalue weighted by Gasteiger charge is 2.44. The maximum atomic E-state index is 11.5. The zero-order valence-electron chi connectivity index (χ0n) is 11.9. The molecule has 2 rings (SSSR count). The van der Waals surface area contributed by atoms with E-state index in [-0.39, 0.29) is 0 Å². The Kier molecular flexibility index (Phi) is 3.89. The monoisotopic (exact) mass is 266 g/mol. The number of rotatable bonds is 5. The second-order valence-corrected chi connectivity index (χ2v) is 5.52. The third-order valence-corrected chi connectivity index (χ3v) is 4.16. The lowest BCUT2D eigenvalue weighted by Crippen LogP contribution is -2.34. The van der Waals surface area contributed by atoms with E-state index in [4.69, 9.17) is 0 Å². The zero-order chi connectivity index (χ0) is 14.0. The van der Waals surface area contributed by atoms with Gasteiger partial charge in [0.05, 0.1) is 12.0 Å². The van der Waals surface area contributed by atoms with E-state index >= 15 is 0 Å². The van der Waals surface area contributed by atoms with Gasteiger partial charge in [-0.3, -0.25) is 9.69 Å². The summed E-state index contributed by atoms with van der Waals surface area (Å²) >= 11 is 0. The van der Waals surface area contributed by atoms with E-state index in [0.29, 0.717) is 13.1 Å². The van der Waals surface area contributed by atoms with Gasteiger partial charge in [0.1, 0.15) is 11.6 Å². The lowest BCUT2D eigenvalue weighted by molar-refractivity contribution is -0.148. The van der Waals surface area contributed by atoms with E-state index in [1.165, 1.54) is 0 Å². The van der Waals surface area contributed by atoms with E-state index in [1.54, 1.807) is 0 Å². The molecule has 19 heavy (non-hydrogen) atoms. The van der Waals surface area contributed by atoms with Crippen molar-refractivity contribution in [2.24, 2.45) is 12.5 Å². The van der Waals surface area contributed by atoms with Gasteiger partial charge in [-0.15, -0.1) is 10.2 Å². The molecule has 1 fully saturated rings. The Morgan fingerprint density at radius 3 is 2.74 bits per heavy atom. The first-order valence-corrected chi connectivity index (χ1v) is 6.79. The number of likely N-dealkylation sites (tertiary alicyclic amines) is 1. The molecule has 0 bridgehead atoms. The Balaban J connectivity index is 2.05. The lowest BCUT2D eigenvalue weighted by atomic mass is 9.83. The largest absolute Gasteiger partial charge is 0.481 e. The first-order chi connectivity index (χ1) is 8.98. The summed E-state index contributed by atoms with van der Waals surface area (Å²) in [6.45, 7) is 6.06. The molecule has 1 N–H and O–H groups in total. The van der Waals surface area contributed by atoms with Gasteiger partial charge in [0.15, 0.2) is 0 Å². The van der Waals surface area contributed by atoms with Gasteiger partial charge in [-0.05, 0) is 26.3 Å². The van der Waals surface area contributed by atoms with Crippen molar-refractivity contribution in [3.8, 4) is 0 Å². The Morgan fingerprint density at radius 1 is 1.47 bits per heavy atom. The standard InChI is InChI=1S/C13H22N4O2/c1-4-5-13(12(18)19)6-7-17(9-13)8-11-15-14-10(2)16(11)3/h4-9H2,1-3H3,(H,18,19). The first kappa shape index (κ1) is 14.0. The van der Waals surface area contributed by atoms with Crippen LogP contribution in [0.1, 0.15) is 37.8 Å². The molecule has 6 heteroatoms. The lowest BCUT2D eigenvalue weighted by Gasteiger charge is -2.24. The predicted molar refractivity (Wildman–Crippen MR) is 70.6 cm³/mol. The second kappa shape index (κ2) is 5.28. The Morgan fingerprint density at radius 2 is 2.21 bits per heavy atom. The summed E-state index contributed by atoms with van der Waals surface area (Å²) in [5, 5.41) is 17.7. The molecule has 0 aliphatic carbocycles. The van der Waals surface area contributed by atoms with E-state index in [1.807, 2.05) is 25.5 Å². The molecule has 1 aliphatic rings. The molecule has 1 saturated heterocycles. The van der Waals surface area contributed by atoms with Crippen LogP contribution in [0.25, 0.3) is 0 Å². The van der Waals surface area contributed by atoms with Crippen LogP contribution in [0.4, 0.5) is 0 Å². The van der Waals surface area contributed by atoms with Crippen LogP contribution in [0, 0.1) is 12.3 Å². The maximum Gasteiger partial charge on any atom is 0.310 e. The molecule has 0 saturated carbocycles. The normalized spacial score (nSPS) is 23.9. The van der Waals surface area contributed by atoms with Crippen molar-refractivity contribution in [2.45, 2.75) is 39.7 Å². The molecule has 0 amide bonds. The fraction of sp³-hybridized carbons (Fsp3) is 0.769. The van der Waals surface area contributed by atoms with E-state index < -0.39 is 11.4 Å². The number of carboxylic acids is 1. The Hall–Kier alpha value is -1.43. The van der Waals surface area contributed by atoms with Gasteiger partial charge in [-0.1, -0.05) is 13.3 Å². The second-order valence-electron chi connectivity index (χ2n) is 5.52. The molecule has 6 nitrogen and oxygen atoms in total. The van der Waals surface area contributed by atoms with Gasteiger partial charge in [0, 0.05) is 13.6 Å². The Labute approximate surface area is 113 Å². The van der Waals surface area contributed by atoms with Crippen LogP contribution in [0.15, 0.2) is 0 Å². The molecule has 0 radical (unpaired) electrons. The van der Waals surface area contributed by atoms with E-state index in [9.17, 15) is 9.90 Å². The van der Waals surface area contributed by atoms with Gasteiger partial charge in [0.25, 0.3) is 0 Å². The van der Waals surface area contributed by atoms with E-state index in [0.717, 1.165) is 37.5 Å². The fourth-order valence-corrected chi connectivity index (χ4v) is 2.85. The molecular weight excluding hydrogens is 244 g/mol. The van der Waals surface area contributed by atoms with Crippen LogP contribution in [0.5, 0.6) is 0 Å². The van der Waals surface area contributed by atoms with Gasteiger partial charge >= 0.3 is 5.97 Å². The van der Waals surface area contributed by atoms with Crippen LogP contribution in [0.2, 0.25) is 0 Å². The third-order valence-electron chi connectivity index (χ3n) is 4.16. The van der Waals surface area contributed by atoms with Crippen LogP contribution >= 0.6 is 0 Å². The molecule has 1 aromatic rings. The van der Waals surface area contributed by atoms with Crippen LogP contribution in [-0.4, -0.2) is 43.8 Å². The molecule has 106 valence electrons. The molecule has 1 unspecified atom stereocenters. The highest BCUT2D eigenvalue weighted by atomic mass is 16.4. The fourth-order valence-electron chi connectivity index (χ4n) is 2.85. The van der Waals surface area contributed by atoms with Crippen molar-refractivity contribution in [1.29, 1.82) is 0 Å². The summed E-state index contributed by atoms with van der Waals surface area (Å²) in [6.07, 6.45) is 2.38. The number of carboxylic acid groups (broad SMARTS) is 1. The quantitative estimate of drug-likeness (QED) is 0.867. The van der Waals surface area contributed by atoms with Crippen LogP contribution in [-0.2, 0) is 18.4 Å². The van der Waals surface area contributed by atoms with Crippen LogP contribution < -0.4 is 0 Å². The molecular formula is C13H22N4O2. The SMILES string of the molecule is CCCC1(C(=O)O)CCN(Cc2nnc(C)n2C)C1. The highest BCUT2D eigenvalue weighted by molar-refractivity contribution is 5.75. The Bertz CT molecular complexity index is 471. The summed E-state index contributed by atoms with van der Waals surface area (Å²) in [4.78, 5) is 13.7. The number of hydrogen-bond acceptors (Lipinski definition) is 4. The van der Waals surface area contributed by atoms with Crippen molar-refractivity contribution in [3.63, 3.8) is 0 Å². The van der Waals surface area contributed by atoms with Gasteiger partial charge in [0.2, 0.25) is 0 Å². The molecule has 1 atom stereocenters. The minimum atomic E-state index is -0.661. The number of aromatic nitrogens is 3. The van der Waals surface area contributed by atoms with Crippen molar-refractivity contribution in [1.82, 2.24) is 19.7 Å². The predicted octanol–water partition coefficient (Wildman–Crippen LogP) is 1.20. The van der Waals surface area contributed by atoms with Crippen molar-refractivity contribution >= 4 is 5.97 Å². The number of hydrogen-bond donors (Lipinski definition) is 1. The van der Waals surface area contributed by atoms with Gasteiger partial charge in [-0.2, -0.15) is 0 Å². The summed E-state index contributed by atoms with van der Waals surface area (Å²) < 4.78 is 1.96. The van der Waals surface area contributed by atoms with Crippen molar-refractivity contribution in [3.05, 3.63) is 11.6 Å². The number of nitrogens with zero attached hydrogens (tertiary/aromatic N) is 4. The van der Waals surface area contributed by atoms with E-state index in [2.05, 4.69) is 15.1 Å². The summed E-state index contributed by atoms with van der Waals surface area (Å²) in [7, 11) is 1.94. The topological polar surface area (TPSA) is 71.2 Å². The van der Waals surface area contributed by atoms with Crippen molar-refractivity contribution in [2.75, 3.05) is 13.1 Å². The minimum Gasteiger partial charge on any atom is -0.481 e. The first-order valence-electron chi connectivity index (χ1n) is 6.79. The summed E-state index contributed by atoms with van der Waals surface area (Å²) in [5.41, 5.74) is -0.567. The van der Waals surface area contributed by atoms with Gasteiger partial charge < -0.3 is 9.67 Å². The zero-order valence-corrected chi connectivity index (χ0v) is 11.9. The number of aryl methyl sites for hydroxylation is 1. The average Bonchev–Trinajstić information content (AvgIpc) is 2.90. The smallest absolute Gasteiger partial charge is 0.310 e. The van der Waals surface area contributed by atoms with Crippen LogP contribution in [0.3, 0.4) is 0 Å². The molecule has 0 aromatic carbocycles. The average molecular weight is 266 g/mol. The number of aliphatic carboxylic acids is 1. The summed E-state index contributed by atoms with van der Waals surface area (Å²) in [5.74, 6) is 1.12. The molecule has 1 aromatic heterocycles. The maximum absolute atomic E-state index is 11.5. The molecule has 2 heterocycles. The van der Waals surface area contributed by atoms with Crippen molar-refractivity contribution < 1.29 is 9.90 Å². The molecule has 1 aliphatic heterocycles. The minimum absolute atomic E-state index is 0.567. The highest BCUT2D eigenvalue weighted by Crippen LogP contribution is 2.36. The van der Waals surface area contributed by atoms with Gasteiger partial charge in [-0.25, -0.2) is 0 Å².